The SMILES string of the molecule is N[C@@H](Cc1cnc2ccccc2c1)C(=O)O. The van der Waals surface area contributed by atoms with Crippen LogP contribution in [0.5, 0.6) is 0 Å². The Hall–Kier alpha value is -1.94. The summed E-state index contributed by atoms with van der Waals surface area (Å²) in [5.41, 5.74) is 7.20. The Bertz CT molecular complexity index is 525. The van der Waals surface area contributed by atoms with Crippen LogP contribution in [0.3, 0.4) is 0 Å². The van der Waals surface area contributed by atoms with Crippen molar-refractivity contribution in [1.82, 2.24) is 4.98 Å². The molecule has 2 aromatic rings. The highest BCUT2D eigenvalue weighted by atomic mass is 16.4. The van der Waals surface area contributed by atoms with Gasteiger partial charge in [0.15, 0.2) is 0 Å². The van der Waals surface area contributed by atoms with E-state index in [-0.39, 0.29) is 0 Å². The van der Waals surface area contributed by atoms with Gasteiger partial charge in [-0.2, -0.15) is 0 Å². The van der Waals surface area contributed by atoms with Gasteiger partial charge in [-0.1, -0.05) is 18.2 Å². The summed E-state index contributed by atoms with van der Waals surface area (Å²) in [6.45, 7) is 0. The first kappa shape index (κ1) is 10.6. The average Bonchev–Trinajstić information content (AvgIpc) is 2.28. The lowest BCUT2D eigenvalue weighted by Crippen LogP contribution is -2.32. The minimum Gasteiger partial charge on any atom is -0.480 e. The quantitative estimate of drug-likeness (QED) is 0.808. The predicted molar refractivity (Wildman–Crippen MR) is 61.1 cm³/mol. The Morgan fingerprint density at radius 2 is 2.19 bits per heavy atom. The van der Waals surface area contributed by atoms with Crippen molar-refractivity contribution in [3.05, 3.63) is 42.1 Å². The molecule has 0 aliphatic heterocycles. The number of nitrogens with zero attached hydrogens (tertiary/aromatic N) is 1. The highest BCUT2D eigenvalue weighted by Gasteiger charge is 2.12. The van der Waals surface area contributed by atoms with Gasteiger partial charge in [-0.05, 0) is 24.1 Å². The number of carboxylic acids is 1. The van der Waals surface area contributed by atoms with E-state index in [0.717, 1.165) is 16.5 Å². The van der Waals surface area contributed by atoms with Crippen LogP contribution < -0.4 is 5.73 Å². The summed E-state index contributed by atoms with van der Waals surface area (Å²) in [7, 11) is 0. The van der Waals surface area contributed by atoms with Crippen molar-refractivity contribution >= 4 is 16.9 Å². The van der Waals surface area contributed by atoms with Crippen molar-refractivity contribution in [2.45, 2.75) is 12.5 Å². The molecule has 0 amide bonds. The molecule has 1 aromatic carbocycles. The van der Waals surface area contributed by atoms with E-state index in [2.05, 4.69) is 4.98 Å². The molecule has 1 aromatic heterocycles. The summed E-state index contributed by atoms with van der Waals surface area (Å²) < 4.78 is 0. The lowest BCUT2D eigenvalue weighted by molar-refractivity contribution is -0.138. The van der Waals surface area contributed by atoms with Crippen molar-refractivity contribution in [3.8, 4) is 0 Å². The van der Waals surface area contributed by atoms with Crippen molar-refractivity contribution in [2.24, 2.45) is 5.73 Å². The van der Waals surface area contributed by atoms with Gasteiger partial charge in [0.25, 0.3) is 0 Å². The number of hydrogen-bond acceptors (Lipinski definition) is 3. The van der Waals surface area contributed by atoms with Crippen molar-refractivity contribution < 1.29 is 9.90 Å². The van der Waals surface area contributed by atoms with Gasteiger partial charge in [-0.25, -0.2) is 0 Å². The normalized spacial score (nSPS) is 12.6. The van der Waals surface area contributed by atoms with Crippen LogP contribution in [0.15, 0.2) is 36.5 Å². The smallest absolute Gasteiger partial charge is 0.320 e. The molecule has 4 nitrogen and oxygen atoms in total. The minimum absolute atomic E-state index is 0.299. The van der Waals surface area contributed by atoms with E-state index in [1.54, 1.807) is 6.20 Å². The largest absolute Gasteiger partial charge is 0.480 e. The number of carbonyl (C=O) groups is 1. The van der Waals surface area contributed by atoms with Gasteiger partial charge in [0.2, 0.25) is 0 Å². The second-order valence-corrected chi connectivity index (χ2v) is 3.69. The highest BCUT2D eigenvalue weighted by molar-refractivity contribution is 5.79. The van der Waals surface area contributed by atoms with E-state index in [9.17, 15) is 4.79 Å². The molecule has 3 N–H and O–H groups in total. The maximum absolute atomic E-state index is 10.6. The fourth-order valence-corrected chi connectivity index (χ4v) is 1.57. The zero-order chi connectivity index (χ0) is 11.5. The molecule has 0 bridgehead atoms. The summed E-state index contributed by atoms with van der Waals surface area (Å²) >= 11 is 0. The molecule has 1 heterocycles. The number of carboxylic acid groups (broad SMARTS) is 1. The van der Waals surface area contributed by atoms with Crippen LogP contribution in [0.4, 0.5) is 0 Å². The summed E-state index contributed by atoms with van der Waals surface area (Å²) in [5.74, 6) is -0.992. The lowest BCUT2D eigenvalue weighted by atomic mass is 10.1. The Kier molecular flexibility index (Phi) is 2.83. The Morgan fingerprint density at radius 3 is 2.94 bits per heavy atom. The fourth-order valence-electron chi connectivity index (χ4n) is 1.57. The van der Waals surface area contributed by atoms with Gasteiger partial charge in [-0.3, -0.25) is 9.78 Å². The van der Waals surface area contributed by atoms with Crippen LogP contribution in [-0.2, 0) is 11.2 Å². The second kappa shape index (κ2) is 4.28. The maximum atomic E-state index is 10.6. The molecule has 0 radical (unpaired) electrons. The van der Waals surface area contributed by atoms with Gasteiger partial charge in [0.1, 0.15) is 6.04 Å². The number of pyridine rings is 1. The molecule has 1 atom stereocenters. The minimum atomic E-state index is -0.992. The number of benzene rings is 1. The molecule has 0 saturated carbocycles. The average molecular weight is 216 g/mol. The first-order valence-electron chi connectivity index (χ1n) is 4.99. The number of aliphatic carboxylic acids is 1. The number of fused-ring (bicyclic) bond motifs is 1. The third-order valence-electron chi connectivity index (χ3n) is 2.42. The monoisotopic (exact) mass is 216 g/mol. The maximum Gasteiger partial charge on any atom is 0.320 e. The molecular weight excluding hydrogens is 204 g/mol. The third kappa shape index (κ3) is 2.17. The van der Waals surface area contributed by atoms with E-state index in [0.29, 0.717) is 6.42 Å². The van der Waals surface area contributed by atoms with Crippen molar-refractivity contribution in [3.63, 3.8) is 0 Å². The Morgan fingerprint density at radius 1 is 1.44 bits per heavy atom. The standard InChI is InChI=1S/C12H12N2O2/c13-10(12(15)16)6-8-5-9-3-1-2-4-11(9)14-7-8/h1-5,7,10H,6,13H2,(H,15,16)/t10-/m0/s1. The van der Waals surface area contributed by atoms with E-state index in [4.69, 9.17) is 10.8 Å². The topological polar surface area (TPSA) is 76.2 Å². The number of para-hydroxylation sites is 1. The highest BCUT2D eigenvalue weighted by Crippen LogP contribution is 2.13. The molecule has 0 aliphatic rings. The fraction of sp³-hybridized carbons (Fsp3) is 0.167. The van der Waals surface area contributed by atoms with Crippen LogP contribution in [0.25, 0.3) is 10.9 Å². The first-order chi connectivity index (χ1) is 7.66. The summed E-state index contributed by atoms with van der Waals surface area (Å²) in [4.78, 5) is 14.9. The van der Waals surface area contributed by atoms with E-state index < -0.39 is 12.0 Å². The van der Waals surface area contributed by atoms with Gasteiger partial charge in [-0.15, -0.1) is 0 Å². The van der Waals surface area contributed by atoms with Crippen molar-refractivity contribution in [1.29, 1.82) is 0 Å². The second-order valence-electron chi connectivity index (χ2n) is 3.69. The summed E-state index contributed by atoms with van der Waals surface area (Å²) in [6.07, 6.45) is 1.97. The number of aromatic nitrogens is 1. The van der Waals surface area contributed by atoms with Gasteiger partial charge < -0.3 is 10.8 Å². The van der Waals surface area contributed by atoms with Crippen molar-refractivity contribution in [2.75, 3.05) is 0 Å². The van der Waals surface area contributed by atoms with Gasteiger partial charge >= 0.3 is 5.97 Å². The van der Waals surface area contributed by atoms with Crippen LogP contribution in [0, 0.1) is 0 Å². The van der Waals surface area contributed by atoms with Crippen LogP contribution >= 0.6 is 0 Å². The molecule has 0 spiro atoms. The van der Waals surface area contributed by atoms with E-state index in [1.807, 2.05) is 30.3 Å². The first-order valence-corrected chi connectivity index (χ1v) is 4.99. The predicted octanol–water partition coefficient (Wildman–Crippen LogP) is 1.19. The molecule has 16 heavy (non-hydrogen) atoms. The molecule has 0 unspecified atom stereocenters. The number of rotatable bonds is 3. The third-order valence-corrected chi connectivity index (χ3v) is 2.42. The lowest BCUT2D eigenvalue weighted by Gasteiger charge is -2.06. The van der Waals surface area contributed by atoms with Crippen LogP contribution in [0.1, 0.15) is 5.56 Å². The van der Waals surface area contributed by atoms with Gasteiger partial charge in [0, 0.05) is 11.6 Å². The molecule has 4 heteroatoms. The number of hydrogen-bond donors (Lipinski definition) is 2. The van der Waals surface area contributed by atoms with E-state index >= 15 is 0 Å². The number of nitrogens with two attached hydrogens (primary N) is 1. The van der Waals surface area contributed by atoms with Crippen LogP contribution in [0.2, 0.25) is 0 Å². The van der Waals surface area contributed by atoms with Crippen LogP contribution in [-0.4, -0.2) is 22.1 Å². The molecule has 2 rings (SSSR count). The molecule has 0 aliphatic carbocycles. The zero-order valence-corrected chi connectivity index (χ0v) is 8.63. The Labute approximate surface area is 92.7 Å². The summed E-state index contributed by atoms with van der Waals surface area (Å²) in [6, 6.07) is 8.74. The molecule has 82 valence electrons. The van der Waals surface area contributed by atoms with E-state index in [1.165, 1.54) is 0 Å². The zero-order valence-electron chi connectivity index (χ0n) is 8.63. The Balaban J connectivity index is 2.29. The molecule has 0 saturated heterocycles. The molecular formula is C12H12N2O2. The molecule has 0 fully saturated rings. The summed E-state index contributed by atoms with van der Waals surface area (Å²) in [5, 5.41) is 9.71. The van der Waals surface area contributed by atoms with Gasteiger partial charge in [0.05, 0.1) is 5.52 Å².